The topological polar surface area (TPSA) is 12.0 Å². The van der Waals surface area contributed by atoms with E-state index in [0.717, 1.165) is 0 Å². The summed E-state index contributed by atoms with van der Waals surface area (Å²) in [4.78, 5) is 0.424. The van der Waals surface area contributed by atoms with E-state index in [4.69, 9.17) is 0 Å². The summed E-state index contributed by atoms with van der Waals surface area (Å²) in [6, 6.07) is 0. The minimum atomic E-state index is 0.352. The summed E-state index contributed by atoms with van der Waals surface area (Å²) in [5.41, 5.74) is 0.908. The molecule has 1 aliphatic heterocycles. The summed E-state index contributed by atoms with van der Waals surface area (Å²) in [6.45, 7) is 9.44. The summed E-state index contributed by atoms with van der Waals surface area (Å²) in [5, 5.41) is 3.82. The van der Waals surface area contributed by atoms with Crippen molar-refractivity contribution >= 4 is 11.8 Å². The van der Waals surface area contributed by atoms with Crippen molar-refractivity contribution in [2.45, 2.75) is 57.4 Å². The van der Waals surface area contributed by atoms with Crippen LogP contribution in [0.3, 0.4) is 0 Å². The van der Waals surface area contributed by atoms with Crippen molar-refractivity contribution < 1.29 is 0 Å². The molecular weight excluding hydrogens is 178 g/mol. The van der Waals surface area contributed by atoms with Crippen LogP contribution in [0.15, 0.2) is 0 Å². The van der Waals surface area contributed by atoms with Gasteiger partial charge in [-0.25, -0.2) is 0 Å². The molecule has 76 valence electrons. The molecule has 1 spiro atoms. The van der Waals surface area contributed by atoms with Crippen LogP contribution in [-0.4, -0.2) is 16.2 Å². The first-order valence-electron chi connectivity index (χ1n) is 5.26. The van der Waals surface area contributed by atoms with E-state index in [-0.39, 0.29) is 0 Å². The number of rotatable bonds is 0. The number of hydrogen-bond acceptors (Lipinski definition) is 2. The average molecular weight is 199 g/mol. The molecule has 0 aromatic carbocycles. The molecule has 0 aromatic heterocycles. The van der Waals surface area contributed by atoms with Crippen molar-refractivity contribution in [1.82, 2.24) is 5.32 Å². The van der Waals surface area contributed by atoms with Crippen LogP contribution >= 0.6 is 11.8 Å². The normalized spacial score (nSPS) is 41.5. The van der Waals surface area contributed by atoms with E-state index in [1.54, 1.807) is 0 Å². The van der Waals surface area contributed by atoms with Crippen LogP contribution in [0.2, 0.25) is 0 Å². The lowest BCUT2D eigenvalue weighted by molar-refractivity contribution is 0.323. The molecule has 1 atom stereocenters. The highest BCUT2D eigenvalue weighted by Crippen LogP contribution is 2.53. The first-order chi connectivity index (χ1) is 5.83. The Morgan fingerprint density at radius 1 is 1.08 bits per heavy atom. The molecule has 2 aliphatic rings. The second-order valence-corrected chi connectivity index (χ2v) is 7.49. The molecule has 1 heterocycles. The lowest BCUT2D eigenvalue weighted by Crippen LogP contribution is -2.46. The Labute approximate surface area is 86.0 Å². The Kier molecular flexibility index (Phi) is 2.02. The van der Waals surface area contributed by atoms with E-state index in [1.165, 1.54) is 25.0 Å². The monoisotopic (exact) mass is 199 g/mol. The van der Waals surface area contributed by atoms with Gasteiger partial charge in [0.15, 0.2) is 0 Å². The zero-order valence-electron chi connectivity index (χ0n) is 9.24. The van der Waals surface area contributed by atoms with Gasteiger partial charge in [0.05, 0.1) is 4.87 Å². The van der Waals surface area contributed by atoms with Crippen LogP contribution in [0.4, 0.5) is 0 Å². The van der Waals surface area contributed by atoms with Crippen molar-refractivity contribution in [2.75, 3.05) is 5.75 Å². The summed E-state index contributed by atoms with van der Waals surface area (Å²) in [7, 11) is 0. The SMILES string of the molecule is CC1(C)CCC2(C1)NC(C)(C)CS2. The van der Waals surface area contributed by atoms with E-state index in [1.807, 2.05) is 0 Å². The quantitative estimate of drug-likeness (QED) is 0.643. The maximum Gasteiger partial charge on any atom is 0.0655 e. The number of hydrogen-bond donors (Lipinski definition) is 1. The molecule has 1 saturated heterocycles. The van der Waals surface area contributed by atoms with E-state index in [9.17, 15) is 0 Å². The largest absolute Gasteiger partial charge is 0.297 e. The molecule has 2 fully saturated rings. The highest BCUT2D eigenvalue weighted by atomic mass is 32.2. The van der Waals surface area contributed by atoms with E-state index in [0.29, 0.717) is 15.8 Å². The minimum absolute atomic E-state index is 0.352. The zero-order valence-corrected chi connectivity index (χ0v) is 10.1. The molecule has 1 nitrogen and oxygen atoms in total. The van der Waals surface area contributed by atoms with Gasteiger partial charge in [-0.2, -0.15) is 0 Å². The molecule has 1 unspecified atom stereocenters. The van der Waals surface area contributed by atoms with E-state index >= 15 is 0 Å². The van der Waals surface area contributed by atoms with Crippen LogP contribution in [0.5, 0.6) is 0 Å². The fourth-order valence-electron chi connectivity index (χ4n) is 2.73. The maximum atomic E-state index is 3.82. The van der Waals surface area contributed by atoms with Crippen LogP contribution < -0.4 is 5.32 Å². The molecule has 0 aromatic rings. The predicted molar refractivity (Wildman–Crippen MR) is 60.0 cm³/mol. The van der Waals surface area contributed by atoms with Crippen LogP contribution in [0.1, 0.15) is 47.0 Å². The molecular formula is C11H21NS. The third-order valence-corrected chi connectivity index (χ3v) is 5.11. The second-order valence-electron chi connectivity index (χ2n) is 6.13. The van der Waals surface area contributed by atoms with Gasteiger partial charge in [-0.05, 0) is 38.5 Å². The van der Waals surface area contributed by atoms with Gasteiger partial charge in [0.1, 0.15) is 0 Å². The summed E-state index contributed by atoms with van der Waals surface area (Å²) >= 11 is 2.15. The Bertz CT molecular complexity index is 196. The Morgan fingerprint density at radius 3 is 2.15 bits per heavy atom. The van der Waals surface area contributed by atoms with Gasteiger partial charge in [0.25, 0.3) is 0 Å². The molecule has 1 aliphatic carbocycles. The Hall–Kier alpha value is 0.310. The lowest BCUT2D eigenvalue weighted by atomic mass is 9.91. The van der Waals surface area contributed by atoms with Gasteiger partial charge in [-0.3, -0.25) is 5.32 Å². The van der Waals surface area contributed by atoms with Crippen LogP contribution in [0, 0.1) is 5.41 Å². The fraction of sp³-hybridized carbons (Fsp3) is 1.00. The van der Waals surface area contributed by atoms with Gasteiger partial charge in [-0.15, -0.1) is 11.8 Å². The zero-order chi connectivity index (χ0) is 9.74. The van der Waals surface area contributed by atoms with Crippen molar-refractivity contribution in [1.29, 1.82) is 0 Å². The maximum absolute atomic E-state index is 3.82. The van der Waals surface area contributed by atoms with Gasteiger partial charge < -0.3 is 0 Å². The van der Waals surface area contributed by atoms with Crippen LogP contribution in [-0.2, 0) is 0 Å². The molecule has 0 bridgehead atoms. The smallest absolute Gasteiger partial charge is 0.0655 e. The predicted octanol–water partition coefficient (Wildman–Crippen LogP) is 3.01. The molecule has 0 amide bonds. The van der Waals surface area contributed by atoms with Crippen molar-refractivity contribution in [3.05, 3.63) is 0 Å². The van der Waals surface area contributed by atoms with Crippen molar-refractivity contribution in [2.24, 2.45) is 5.41 Å². The molecule has 0 radical (unpaired) electrons. The third kappa shape index (κ3) is 1.89. The van der Waals surface area contributed by atoms with E-state index in [2.05, 4.69) is 44.8 Å². The highest BCUT2D eigenvalue weighted by Gasteiger charge is 2.50. The Morgan fingerprint density at radius 2 is 1.77 bits per heavy atom. The average Bonchev–Trinajstić information content (AvgIpc) is 2.37. The highest BCUT2D eigenvalue weighted by molar-refractivity contribution is 8.01. The van der Waals surface area contributed by atoms with E-state index < -0.39 is 0 Å². The molecule has 2 rings (SSSR count). The van der Waals surface area contributed by atoms with Gasteiger partial charge in [0.2, 0.25) is 0 Å². The number of thioether (sulfide) groups is 1. The fourth-order valence-corrected chi connectivity index (χ4v) is 4.52. The van der Waals surface area contributed by atoms with Crippen molar-refractivity contribution in [3.63, 3.8) is 0 Å². The molecule has 1 N–H and O–H groups in total. The summed E-state index contributed by atoms with van der Waals surface area (Å²) < 4.78 is 0. The first-order valence-corrected chi connectivity index (χ1v) is 6.25. The third-order valence-electron chi connectivity index (χ3n) is 3.25. The molecule has 1 saturated carbocycles. The molecule has 2 heteroatoms. The summed E-state index contributed by atoms with van der Waals surface area (Å²) in [6.07, 6.45) is 4.07. The lowest BCUT2D eigenvalue weighted by Gasteiger charge is -2.28. The van der Waals surface area contributed by atoms with Gasteiger partial charge in [-0.1, -0.05) is 13.8 Å². The first kappa shape index (κ1) is 9.85. The second kappa shape index (κ2) is 2.66. The Balaban J connectivity index is 2.10. The van der Waals surface area contributed by atoms with Gasteiger partial charge >= 0.3 is 0 Å². The van der Waals surface area contributed by atoms with Gasteiger partial charge in [0, 0.05) is 11.3 Å². The van der Waals surface area contributed by atoms with Crippen molar-refractivity contribution in [3.8, 4) is 0 Å². The summed E-state index contributed by atoms with van der Waals surface area (Å²) in [5.74, 6) is 1.27. The number of nitrogens with one attached hydrogen (secondary N) is 1. The minimum Gasteiger partial charge on any atom is -0.297 e. The van der Waals surface area contributed by atoms with Crippen LogP contribution in [0.25, 0.3) is 0 Å². The standard InChI is InChI=1S/C11H21NS/c1-9(2)5-6-11(7-9)12-10(3,4)8-13-11/h12H,5-8H2,1-4H3. The molecule has 13 heavy (non-hydrogen) atoms.